The molecule has 1 amide bonds. The van der Waals surface area contributed by atoms with Crippen molar-refractivity contribution >= 4 is 22.4 Å². The average molecular weight is 331 g/mol. The predicted molar refractivity (Wildman–Crippen MR) is 84.4 cm³/mol. The second-order valence-corrected chi connectivity index (χ2v) is 5.92. The van der Waals surface area contributed by atoms with Gasteiger partial charge < -0.3 is 0 Å². The standard InChI is InChI=1S/C16H11F2N3OS/c1-9-14(10-5-6-11(17)12(18)8-10)20-16(23-9)21-15(22)13-4-2-3-7-19-13/h2-8H,1H3,(H,20,21,22). The van der Waals surface area contributed by atoms with E-state index in [1.165, 1.54) is 23.6 Å². The Morgan fingerprint density at radius 1 is 1.17 bits per heavy atom. The summed E-state index contributed by atoms with van der Waals surface area (Å²) >= 11 is 1.26. The first-order valence-electron chi connectivity index (χ1n) is 6.70. The van der Waals surface area contributed by atoms with Gasteiger partial charge in [0.05, 0.1) is 5.69 Å². The smallest absolute Gasteiger partial charge is 0.276 e. The number of carbonyl (C=O) groups excluding carboxylic acids is 1. The predicted octanol–water partition coefficient (Wildman–Crippen LogP) is 4.04. The Labute approximate surface area is 134 Å². The van der Waals surface area contributed by atoms with Crippen LogP contribution in [0.4, 0.5) is 13.9 Å². The summed E-state index contributed by atoms with van der Waals surface area (Å²) in [6, 6.07) is 8.60. The van der Waals surface area contributed by atoms with E-state index in [4.69, 9.17) is 0 Å². The lowest BCUT2D eigenvalue weighted by atomic mass is 10.1. The van der Waals surface area contributed by atoms with Crippen molar-refractivity contribution in [2.75, 3.05) is 5.32 Å². The quantitative estimate of drug-likeness (QED) is 0.788. The fraction of sp³-hybridized carbons (Fsp3) is 0.0625. The molecule has 0 saturated heterocycles. The van der Waals surface area contributed by atoms with Crippen molar-refractivity contribution in [1.82, 2.24) is 9.97 Å². The lowest BCUT2D eigenvalue weighted by Crippen LogP contribution is -2.13. The van der Waals surface area contributed by atoms with Crippen molar-refractivity contribution in [2.24, 2.45) is 0 Å². The molecule has 0 aliphatic rings. The fourth-order valence-electron chi connectivity index (χ4n) is 2.02. The maximum Gasteiger partial charge on any atom is 0.276 e. The molecule has 0 fully saturated rings. The third kappa shape index (κ3) is 3.24. The molecule has 2 heterocycles. The summed E-state index contributed by atoms with van der Waals surface area (Å²) in [7, 11) is 0. The molecule has 116 valence electrons. The molecular weight excluding hydrogens is 320 g/mol. The van der Waals surface area contributed by atoms with Crippen LogP contribution in [-0.4, -0.2) is 15.9 Å². The molecule has 0 spiro atoms. The van der Waals surface area contributed by atoms with Crippen LogP contribution in [-0.2, 0) is 0 Å². The Kier molecular flexibility index (Phi) is 4.12. The van der Waals surface area contributed by atoms with Crippen LogP contribution >= 0.6 is 11.3 Å². The molecule has 4 nitrogen and oxygen atoms in total. The normalized spacial score (nSPS) is 10.6. The number of hydrogen-bond acceptors (Lipinski definition) is 4. The number of hydrogen-bond donors (Lipinski definition) is 1. The van der Waals surface area contributed by atoms with Gasteiger partial charge in [0.15, 0.2) is 16.8 Å². The van der Waals surface area contributed by atoms with Gasteiger partial charge in [0.25, 0.3) is 5.91 Å². The molecular formula is C16H11F2N3OS. The van der Waals surface area contributed by atoms with Gasteiger partial charge in [-0.05, 0) is 37.3 Å². The van der Waals surface area contributed by atoms with Crippen LogP contribution in [0.5, 0.6) is 0 Å². The summed E-state index contributed by atoms with van der Waals surface area (Å²) in [4.78, 5) is 21.1. The van der Waals surface area contributed by atoms with Gasteiger partial charge in [-0.15, -0.1) is 11.3 Å². The molecule has 0 unspecified atom stereocenters. The molecule has 0 bridgehead atoms. The van der Waals surface area contributed by atoms with Crippen LogP contribution in [0.15, 0.2) is 42.6 Å². The second kappa shape index (κ2) is 6.21. The van der Waals surface area contributed by atoms with Gasteiger partial charge >= 0.3 is 0 Å². The third-order valence-electron chi connectivity index (χ3n) is 3.11. The van der Waals surface area contributed by atoms with Crippen molar-refractivity contribution in [1.29, 1.82) is 0 Å². The van der Waals surface area contributed by atoms with Gasteiger partial charge in [0, 0.05) is 16.6 Å². The fourth-order valence-corrected chi connectivity index (χ4v) is 2.85. The largest absolute Gasteiger partial charge is 0.296 e. The molecule has 1 N–H and O–H groups in total. The monoisotopic (exact) mass is 331 g/mol. The van der Waals surface area contributed by atoms with E-state index in [9.17, 15) is 13.6 Å². The number of thiazole rings is 1. The SMILES string of the molecule is Cc1sc(NC(=O)c2ccccn2)nc1-c1ccc(F)c(F)c1. The minimum absolute atomic E-state index is 0.273. The molecule has 0 radical (unpaired) electrons. The Balaban J connectivity index is 1.86. The first-order valence-corrected chi connectivity index (χ1v) is 7.51. The highest BCUT2D eigenvalue weighted by atomic mass is 32.1. The maximum absolute atomic E-state index is 13.4. The maximum atomic E-state index is 13.4. The highest BCUT2D eigenvalue weighted by molar-refractivity contribution is 7.16. The Bertz CT molecular complexity index is 865. The van der Waals surface area contributed by atoms with Crippen molar-refractivity contribution in [3.05, 3.63) is 64.8 Å². The van der Waals surface area contributed by atoms with Crippen molar-refractivity contribution < 1.29 is 13.6 Å². The number of rotatable bonds is 3. The number of halogens is 2. The van der Waals surface area contributed by atoms with Crippen LogP contribution in [0.2, 0.25) is 0 Å². The van der Waals surface area contributed by atoms with Crippen molar-refractivity contribution in [3.8, 4) is 11.3 Å². The summed E-state index contributed by atoms with van der Waals surface area (Å²) < 4.78 is 26.4. The summed E-state index contributed by atoms with van der Waals surface area (Å²) in [5, 5.41) is 3.03. The van der Waals surface area contributed by atoms with Crippen LogP contribution in [0.1, 0.15) is 15.4 Å². The number of benzene rings is 1. The highest BCUT2D eigenvalue weighted by Crippen LogP contribution is 2.31. The molecule has 0 atom stereocenters. The molecule has 23 heavy (non-hydrogen) atoms. The van der Waals surface area contributed by atoms with Crippen molar-refractivity contribution in [3.63, 3.8) is 0 Å². The lowest BCUT2D eigenvalue weighted by molar-refractivity contribution is 0.102. The zero-order valence-electron chi connectivity index (χ0n) is 12.0. The number of carbonyl (C=O) groups is 1. The molecule has 3 rings (SSSR count). The summed E-state index contributed by atoms with van der Waals surface area (Å²) in [5.74, 6) is -2.23. The Morgan fingerprint density at radius 2 is 2.00 bits per heavy atom. The summed E-state index contributed by atoms with van der Waals surface area (Å²) in [6.45, 7) is 1.80. The number of nitrogens with one attached hydrogen (secondary N) is 1. The van der Waals surface area contributed by atoms with E-state index in [2.05, 4.69) is 15.3 Å². The number of aryl methyl sites for hydroxylation is 1. The minimum Gasteiger partial charge on any atom is -0.296 e. The van der Waals surface area contributed by atoms with Gasteiger partial charge in [-0.3, -0.25) is 15.1 Å². The van der Waals surface area contributed by atoms with Crippen LogP contribution in [0, 0.1) is 18.6 Å². The van der Waals surface area contributed by atoms with Crippen LogP contribution < -0.4 is 5.32 Å². The van der Waals surface area contributed by atoms with E-state index < -0.39 is 11.6 Å². The van der Waals surface area contributed by atoms with Gasteiger partial charge in [-0.1, -0.05) is 6.07 Å². The molecule has 3 aromatic rings. The molecule has 1 aromatic carbocycles. The van der Waals surface area contributed by atoms with E-state index in [1.54, 1.807) is 25.1 Å². The van der Waals surface area contributed by atoms with E-state index in [0.29, 0.717) is 16.4 Å². The first kappa shape index (κ1) is 15.2. The molecule has 0 aliphatic carbocycles. The first-order chi connectivity index (χ1) is 11.0. The number of aromatic nitrogens is 2. The number of pyridine rings is 1. The van der Waals surface area contributed by atoms with Crippen LogP contribution in [0.25, 0.3) is 11.3 Å². The van der Waals surface area contributed by atoms with Crippen molar-refractivity contribution in [2.45, 2.75) is 6.92 Å². The Morgan fingerprint density at radius 3 is 2.70 bits per heavy atom. The van der Waals surface area contributed by atoms with Gasteiger partial charge in [-0.25, -0.2) is 13.8 Å². The topological polar surface area (TPSA) is 54.9 Å². The second-order valence-electron chi connectivity index (χ2n) is 4.72. The average Bonchev–Trinajstić information content (AvgIpc) is 2.91. The van der Waals surface area contributed by atoms with E-state index >= 15 is 0 Å². The molecule has 0 aliphatic heterocycles. The molecule has 0 saturated carbocycles. The molecule has 7 heteroatoms. The Hall–Kier alpha value is -2.67. The minimum atomic E-state index is -0.936. The third-order valence-corrected chi connectivity index (χ3v) is 3.99. The van der Waals surface area contributed by atoms with Crippen LogP contribution in [0.3, 0.4) is 0 Å². The number of amides is 1. The van der Waals surface area contributed by atoms with Gasteiger partial charge in [-0.2, -0.15) is 0 Å². The number of nitrogens with zero attached hydrogens (tertiary/aromatic N) is 2. The summed E-state index contributed by atoms with van der Waals surface area (Å²) in [6.07, 6.45) is 1.52. The van der Waals surface area contributed by atoms with Gasteiger partial charge in [0.2, 0.25) is 0 Å². The van der Waals surface area contributed by atoms with E-state index in [-0.39, 0.29) is 11.6 Å². The number of anilines is 1. The zero-order valence-corrected chi connectivity index (χ0v) is 12.8. The molecule has 2 aromatic heterocycles. The van der Waals surface area contributed by atoms with Gasteiger partial charge in [0.1, 0.15) is 5.69 Å². The lowest BCUT2D eigenvalue weighted by Gasteiger charge is -2.01. The van der Waals surface area contributed by atoms with E-state index in [0.717, 1.165) is 17.0 Å². The van der Waals surface area contributed by atoms with E-state index in [1.807, 2.05) is 0 Å². The zero-order chi connectivity index (χ0) is 16.4. The highest BCUT2D eigenvalue weighted by Gasteiger charge is 2.15. The summed E-state index contributed by atoms with van der Waals surface area (Å²) in [5.41, 5.74) is 1.23.